The molecular weight excluding hydrogens is 284 g/mol. The summed E-state index contributed by atoms with van der Waals surface area (Å²) in [4.78, 5) is 2.56. The molecule has 0 spiro atoms. The highest BCUT2D eigenvalue weighted by Crippen LogP contribution is 2.28. The fourth-order valence-electron chi connectivity index (χ4n) is 3.30. The summed E-state index contributed by atoms with van der Waals surface area (Å²) in [5.74, 6) is 0.887. The molecule has 0 unspecified atom stereocenters. The number of benzene rings is 1. The second-order valence-electron chi connectivity index (χ2n) is 6.77. The lowest BCUT2D eigenvalue weighted by Gasteiger charge is -2.24. The molecule has 1 aliphatic carbocycles. The van der Waals surface area contributed by atoms with Crippen LogP contribution in [-0.2, 0) is 0 Å². The maximum absolute atomic E-state index is 4.40. The molecule has 0 bridgehead atoms. The van der Waals surface area contributed by atoms with Crippen LogP contribution in [0, 0.1) is 0 Å². The molecule has 1 atom stereocenters. The largest absolute Gasteiger partial charge is 0.366 e. The molecule has 2 heterocycles. The predicted octanol–water partition coefficient (Wildman–Crippen LogP) is 3.87. The molecule has 1 aliphatic heterocycles. The first-order chi connectivity index (χ1) is 11.3. The van der Waals surface area contributed by atoms with Gasteiger partial charge in [-0.1, -0.05) is 18.2 Å². The van der Waals surface area contributed by atoms with Crippen molar-refractivity contribution in [1.82, 2.24) is 15.1 Å². The van der Waals surface area contributed by atoms with Gasteiger partial charge in [-0.05, 0) is 69.5 Å². The molecule has 0 radical (unpaired) electrons. The second-order valence-corrected chi connectivity index (χ2v) is 6.77. The fourth-order valence-corrected chi connectivity index (χ4v) is 3.30. The van der Waals surface area contributed by atoms with E-state index in [2.05, 4.69) is 57.7 Å². The molecule has 4 nitrogen and oxygen atoms in total. The van der Waals surface area contributed by atoms with Gasteiger partial charge >= 0.3 is 0 Å². The third-order valence-corrected chi connectivity index (χ3v) is 4.95. The lowest BCUT2D eigenvalue weighted by Crippen LogP contribution is -2.23. The third kappa shape index (κ3) is 3.37. The molecule has 1 aromatic heterocycles. The Balaban J connectivity index is 1.52. The zero-order chi connectivity index (χ0) is 15.6. The van der Waals surface area contributed by atoms with E-state index in [9.17, 15) is 0 Å². The van der Waals surface area contributed by atoms with Crippen LogP contribution in [0.3, 0.4) is 0 Å². The highest BCUT2D eigenvalue weighted by atomic mass is 15.2. The Hall–Kier alpha value is -1.94. The smallest absolute Gasteiger partial charge is 0.148 e. The molecule has 1 N–H and O–H groups in total. The molecular formula is C19H24N4. The average molecular weight is 308 g/mol. The Labute approximate surface area is 137 Å². The van der Waals surface area contributed by atoms with Crippen LogP contribution in [-0.4, -0.2) is 34.2 Å². The Morgan fingerprint density at radius 2 is 1.91 bits per heavy atom. The Morgan fingerprint density at radius 1 is 1.09 bits per heavy atom. The number of rotatable bonds is 5. The maximum atomic E-state index is 4.40. The summed E-state index contributed by atoms with van der Waals surface area (Å²) in [6, 6.07) is 13.9. The number of anilines is 1. The first-order valence-corrected chi connectivity index (χ1v) is 8.74. The van der Waals surface area contributed by atoms with Crippen molar-refractivity contribution >= 4 is 5.82 Å². The molecule has 23 heavy (non-hydrogen) atoms. The molecule has 2 aromatic rings. The van der Waals surface area contributed by atoms with Crippen molar-refractivity contribution in [3.63, 3.8) is 0 Å². The van der Waals surface area contributed by atoms with Crippen LogP contribution in [0.5, 0.6) is 0 Å². The summed E-state index contributed by atoms with van der Waals surface area (Å²) >= 11 is 0. The number of nitrogens with one attached hydrogen (secondary N) is 1. The molecule has 1 saturated heterocycles. The van der Waals surface area contributed by atoms with E-state index in [4.69, 9.17) is 0 Å². The minimum absolute atomic E-state index is 0.473. The highest BCUT2D eigenvalue weighted by Gasteiger charge is 2.21. The van der Waals surface area contributed by atoms with Crippen LogP contribution < -0.4 is 5.32 Å². The molecule has 2 fully saturated rings. The molecule has 1 aromatic carbocycles. The van der Waals surface area contributed by atoms with Gasteiger partial charge in [0, 0.05) is 17.6 Å². The van der Waals surface area contributed by atoms with Crippen molar-refractivity contribution in [2.45, 2.75) is 44.7 Å². The van der Waals surface area contributed by atoms with Crippen molar-refractivity contribution in [3.05, 3.63) is 42.0 Å². The summed E-state index contributed by atoms with van der Waals surface area (Å²) in [6.45, 7) is 4.73. The van der Waals surface area contributed by atoms with E-state index in [-0.39, 0.29) is 0 Å². The molecule has 4 rings (SSSR count). The molecule has 120 valence electrons. The van der Waals surface area contributed by atoms with Crippen molar-refractivity contribution in [2.24, 2.45) is 0 Å². The summed E-state index contributed by atoms with van der Waals surface area (Å²) in [5, 5.41) is 12.1. The summed E-state index contributed by atoms with van der Waals surface area (Å²) < 4.78 is 0. The van der Waals surface area contributed by atoms with Crippen molar-refractivity contribution < 1.29 is 0 Å². The van der Waals surface area contributed by atoms with Crippen LogP contribution in [0.2, 0.25) is 0 Å². The molecule has 1 saturated carbocycles. The van der Waals surface area contributed by atoms with E-state index in [1.807, 2.05) is 6.07 Å². The van der Waals surface area contributed by atoms with Gasteiger partial charge in [0.05, 0.1) is 5.69 Å². The number of hydrogen-bond acceptors (Lipinski definition) is 4. The standard InChI is InChI=1S/C19H24N4/c1-14(23-11-2-3-12-23)15-5-4-6-16(13-15)18-9-10-19(22-21-18)20-17-7-8-17/h4-6,9-10,13-14,17H,2-3,7-8,11-12H2,1H3,(H,20,22)/t14-/m1/s1. The minimum Gasteiger partial charge on any atom is -0.366 e. The van der Waals surface area contributed by atoms with E-state index in [1.54, 1.807) is 0 Å². The fraction of sp³-hybridized carbons (Fsp3) is 0.474. The predicted molar refractivity (Wildman–Crippen MR) is 93.3 cm³/mol. The number of nitrogens with zero attached hydrogens (tertiary/aromatic N) is 3. The maximum Gasteiger partial charge on any atom is 0.148 e. The van der Waals surface area contributed by atoms with Gasteiger partial charge in [0.1, 0.15) is 5.82 Å². The van der Waals surface area contributed by atoms with E-state index in [0.717, 1.165) is 17.1 Å². The SMILES string of the molecule is C[C@H](c1cccc(-c2ccc(NC3CC3)nn2)c1)N1CCCC1. The van der Waals surface area contributed by atoms with Gasteiger partial charge in [-0.25, -0.2) is 0 Å². The van der Waals surface area contributed by atoms with E-state index in [0.29, 0.717) is 12.1 Å². The quantitative estimate of drug-likeness (QED) is 0.910. The third-order valence-electron chi connectivity index (χ3n) is 4.95. The van der Waals surface area contributed by atoms with Crippen LogP contribution in [0.1, 0.15) is 44.2 Å². The molecule has 2 aliphatic rings. The van der Waals surface area contributed by atoms with Crippen LogP contribution in [0.15, 0.2) is 36.4 Å². The Morgan fingerprint density at radius 3 is 2.61 bits per heavy atom. The number of hydrogen-bond donors (Lipinski definition) is 1. The minimum atomic E-state index is 0.473. The van der Waals surface area contributed by atoms with Gasteiger partial charge in [-0.3, -0.25) is 4.90 Å². The van der Waals surface area contributed by atoms with Crippen LogP contribution in [0.4, 0.5) is 5.82 Å². The van der Waals surface area contributed by atoms with E-state index in [1.165, 1.54) is 44.3 Å². The Bertz CT molecular complexity index is 657. The summed E-state index contributed by atoms with van der Waals surface area (Å²) in [6.07, 6.45) is 5.15. The highest BCUT2D eigenvalue weighted by molar-refractivity contribution is 5.60. The van der Waals surface area contributed by atoms with Gasteiger partial charge in [0.2, 0.25) is 0 Å². The molecule has 4 heteroatoms. The van der Waals surface area contributed by atoms with Gasteiger partial charge in [0.25, 0.3) is 0 Å². The molecule has 0 amide bonds. The lowest BCUT2D eigenvalue weighted by atomic mass is 10.0. The normalized spacial score (nSPS) is 19.7. The van der Waals surface area contributed by atoms with Gasteiger partial charge in [-0.2, -0.15) is 0 Å². The monoisotopic (exact) mass is 308 g/mol. The van der Waals surface area contributed by atoms with E-state index >= 15 is 0 Å². The van der Waals surface area contributed by atoms with E-state index < -0.39 is 0 Å². The zero-order valence-electron chi connectivity index (χ0n) is 13.7. The van der Waals surface area contributed by atoms with Crippen LogP contribution in [0.25, 0.3) is 11.3 Å². The lowest BCUT2D eigenvalue weighted by molar-refractivity contribution is 0.263. The average Bonchev–Trinajstić information content (AvgIpc) is 3.24. The number of likely N-dealkylation sites (tertiary alicyclic amines) is 1. The number of aromatic nitrogens is 2. The van der Waals surface area contributed by atoms with Gasteiger partial charge < -0.3 is 5.32 Å². The summed E-state index contributed by atoms with van der Waals surface area (Å²) in [7, 11) is 0. The van der Waals surface area contributed by atoms with Crippen molar-refractivity contribution in [1.29, 1.82) is 0 Å². The first kappa shape index (κ1) is 14.6. The van der Waals surface area contributed by atoms with Crippen LogP contribution >= 0.6 is 0 Å². The second kappa shape index (κ2) is 6.28. The van der Waals surface area contributed by atoms with Gasteiger partial charge in [0.15, 0.2) is 0 Å². The Kier molecular flexibility index (Phi) is 4.00. The van der Waals surface area contributed by atoms with Crippen molar-refractivity contribution in [2.75, 3.05) is 18.4 Å². The zero-order valence-corrected chi connectivity index (χ0v) is 13.7. The van der Waals surface area contributed by atoms with Crippen molar-refractivity contribution in [3.8, 4) is 11.3 Å². The van der Waals surface area contributed by atoms with Gasteiger partial charge in [-0.15, -0.1) is 10.2 Å². The topological polar surface area (TPSA) is 41.1 Å². The first-order valence-electron chi connectivity index (χ1n) is 8.74. The summed E-state index contributed by atoms with van der Waals surface area (Å²) in [5.41, 5.74) is 3.47.